The van der Waals surface area contributed by atoms with Crippen LogP contribution in [0.3, 0.4) is 0 Å². The van der Waals surface area contributed by atoms with Crippen molar-refractivity contribution in [2.45, 2.75) is 13.5 Å². The van der Waals surface area contributed by atoms with Crippen LogP contribution in [0.2, 0.25) is 0 Å². The molecule has 1 fully saturated rings. The summed E-state index contributed by atoms with van der Waals surface area (Å²) in [5, 5.41) is 0. The molecule has 1 heterocycles. The zero-order valence-corrected chi connectivity index (χ0v) is 25.7. The molecule has 0 saturated carbocycles. The van der Waals surface area contributed by atoms with E-state index < -0.39 is 17.8 Å². The van der Waals surface area contributed by atoms with E-state index in [0.29, 0.717) is 41.7 Å². The minimum Gasteiger partial charge on any atom is -0.490 e. The van der Waals surface area contributed by atoms with Crippen molar-refractivity contribution in [1.82, 2.24) is 0 Å². The van der Waals surface area contributed by atoms with Gasteiger partial charge in [-0.3, -0.25) is 9.59 Å². The van der Waals surface area contributed by atoms with Gasteiger partial charge in [0.15, 0.2) is 11.5 Å². The zero-order valence-electron chi connectivity index (χ0n) is 21.9. The van der Waals surface area contributed by atoms with Crippen LogP contribution in [-0.2, 0) is 16.2 Å². The zero-order chi connectivity index (χ0) is 28.9. The van der Waals surface area contributed by atoms with Crippen molar-refractivity contribution in [3.63, 3.8) is 0 Å². The minimum absolute atomic E-state index is 0.155. The molecule has 0 unspecified atom stereocenters. The van der Waals surface area contributed by atoms with Gasteiger partial charge in [0.1, 0.15) is 12.2 Å². The third-order valence-corrected chi connectivity index (χ3v) is 7.83. The molecule has 0 aliphatic carbocycles. The number of hydrogen-bond donors (Lipinski definition) is 0. The predicted octanol–water partition coefficient (Wildman–Crippen LogP) is 7.61. The van der Waals surface area contributed by atoms with Gasteiger partial charge in [0.2, 0.25) is 0 Å². The number of hydrogen-bond acceptors (Lipinski definition) is 5. The largest absolute Gasteiger partial charge is 0.490 e. The number of anilines is 2. The summed E-state index contributed by atoms with van der Waals surface area (Å²) in [6, 6.07) is 27.7. The number of nitrogens with zero attached hydrogens (tertiary/aromatic N) is 2. The van der Waals surface area contributed by atoms with Crippen molar-refractivity contribution in [2.24, 2.45) is 0 Å². The van der Waals surface area contributed by atoms with Gasteiger partial charge in [-0.1, -0.05) is 70.5 Å². The van der Waals surface area contributed by atoms with Crippen molar-refractivity contribution in [3.8, 4) is 11.5 Å². The Morgan fingerprint density at radius 3 is 1.90 bits per heavy atom. The van der Waals surface area contributed by atoms with Crippen LogP contribution >= 0.6 is 38.5 Å². The number of rotatable bonds is 8. The molecule has 7 nitrogen and oxygen atoms in total. The topological polar surface area (TPSA) is 76.2 Å². The fourth-order valence-corrected chi connectivity index (χ4v) is 5.53. The van der Waals surface area contributed by atoms with E-state index in [4.69, 9.17) is 9.47 Å². The first-order chi connectivity index (χ1) is 19.9. The van der Waals surface area contributed by atoms with Crippen LogP contribution in [0.1, 0.15) is 18.1 Å². The first kappa shape index (κ1) is 28.6. The number of urea groups is 1. The lowest BCUT2D eigenvalue weighted by molar-refractivity contribution is -0.121. The van der Waals surface area contributed by atoms with E-state index in [1.54, 1.807) is 66.7 Å². The fourth-order valence-electron chi connectivity index (χ4n) is 4.35. The van der Waals surface area contributed by atoms with Crippen LogP contribution in [0.15, 0.2) is 107 Å². The Morgan fingerprint density at radius 1 is 0.780 bits per heavy atom. The number of halogens is 2. The highest BCUT2D eigenvalue weighted by Gasteiger charge is 2.43. The van der Waals surface area contributed by atoms with Crippen LogP contribution in [0.4, 0.5) is 16.2 Å². The predicted molar refractivity (Wildman–Crippen MR) is 170 cm³/mol. The maximum absolute atomic E-state index is 13.7. The van der Waals surface area contributed by atoms with Crippen LogP contribution in [0.25, 0.3) is 6.08 Å². The second kappa shape index (κ2) is 12.7. The van der Waals surface area contributed by atoms with Crippen molar-refractivity contribution >= 4 is 73.8 Å². The second-order valence-electron chi connectivity index (χ2n) is 8.94. The molecule has 41 heavy (non-hydrogen) atoms. The highest BCUT2D eigenvalue weighted by atomic mass is 127. The van der Waals surface area contributed by atoms with Crippen molar-refractivity contribution in [3.05, 3.63) is 122 Å². The van der Waals surface area contributed by atoms with Gasteiger partial charge < -0.3 is 9.47 Å². The third kappa shape index (κ3) is 6.06. The van der Waals surface area contributed by atoms with Crippen molar-refractivity contribution in [2.75, 3.05) is 16.4 Å². The summed E-state index contributed by atoms with van der Waals surface area (Å²) in [6.07, 6.45) is 1.49. The Balaban J connectivity index is 1.56. The number of benzene rings is 4. The Bertz CT molecular complexity index is 1580. The van der Waals surface area contributed by atoms with E-state index in [1.165, 1.54) is 6.08 Å². The van der Waals surface area contributed by atoms with Crippen LogP contribution in [0, 0.1) is 3.57 Å². The molecule has 1 saturated heterocycles. The summed E-state index contributed by atoms with van der Waals surface area (Å²) in [6.45, 7) is 2.57. The van der Waals surface area contributed by atoms with Crippen LogP contribution in [-0.4, -0.2) is 24.5 Å². The monoisotopic (exact) mass is 722 g/mol. The highest BCUT2D eigenvalue weighted by Crippen LogP contribution is 2.37. The Hall–Kier alpha value is -3.96. The summed E-state index contributed by atoms with van der Waals surface area (Å²) < 4.78 is 13.7. The molecule has 206 valence electrons. The van der Waals surface area contributed by atoms with Crippen LogP contribution in [0.5, 0.6) is 11.5 Å². The normalized spacial score (nSPS) is 13.4. The molecule has 1 aliphatic rings. The molecular formula is C32H24BrIN2O5. The Morgan fingerprint density at radius 2 is 1.34 bits per heavy atom. The molecule has 0 spiro atoms. The number of carbonyl (C=O) groups excluding carboxylic acids is 3. The number of barbiturate groups is 1. The van der Waals surface area contributed by atoms with Gasteiger partial charge in [-0.05, 0) is 83.6 Å². The quantitative estimate of drug-likeness (QED) is 0.106. The Kier molecular flexibility index (Phi) is 8.84. The molecule has 0 aromatic heterocycles. The lowest BCUT2D eigenvalue weighted by atomic mass is 10.0. The minimum atomic E-state index is -0.741. The number of amides is 4. The molecular weight excluding hydrogens is 699 g/mol. The van der Waals surface area contributed by atoms with Gasteiger partial charge in [0.05, 0.1) is 21.6 Å². The van der Waals surface area contributed by atoms with Gasteiger partial charge in [-0.2, -0.15) is 0 Å². The first-order valence-electron chi connectivity index (χ1n) is 12.8. The lowest BCUT2D eigenvalue weighted by Crippen LogP contribution is -2.57. The summed E-state index contributed by atoms with van der Waals surface area (Å²) in [4.78, 5) is 43.0. The molecule has 0 atom stereocenters. The molecule has 4 aromatic rings. The number of para-hydroxylation sites is 2. The molecule has 5 rings (SSSR count). The van der Waals surface area contributed by atoms with Gasteiger partial charge in [0, 0.05) is 10.0 Å². The Labute approximate surface area is 259 Å². The summed E-state index contributed by atoms with van der Waals surface area (Å²) in [5.74, 6) is -0.384. The maximum atomic E-state index is 13.7. The van der Waals surface area contributed by atoms with E-state index in [9.17, 15) is 14.4 Å². The maximum Gasteiger partial charge on any atom is 0.343 e. The van der Waals surface area contributed by atoms with E-state index in [0.717, 1.165) is 23.4 Å². The molecule has 0 bridgehead atoms. The average molecular weight is 723 g/mol. The molecule has 4 amide bonds. The molecule has 9 heteroatoms. The number of carbonyl (C=O) groups is 3. The SMILES string of the molecule is CCOc1cc(C=C2C(=O)N(c3ccccc3)C(=O)N(c3ccccc3)C2=O)cc(I)c1OCc1ccccc1Br. The fraction of sp³-hybridized carbons (Fsp3) is 0.0938. The molecule has 0 N–H and O–H groups in total. The van der Waals surface area contributed by atoms with Crippen molar-refractivity contribution < 1.29 is 23.9 Å². The van der Waals surface area contributed by atoms with E-state index in [-0.39, 0.29) is 5.57 Å². The van der Waals surface area contributed by atoms with Crippen LogP contribution < -0.4 is 19.3 Å². The molecule has 1 aliphatic heterocycles. The molecule has 0 radical (unpaired) electrons. The van der Waals surface area contributed by atoms with E-state index in [2.05, 4.69) is 38.5 Å². The summed E-state index contributed by atoms with van der Waals surface area (Å²) in [7, 11) is 0. The van der Waals surface area contributed by atoms with E-state index in [1.807, 2.05) is 37.3 Å². The third-order valence-electron chi connectivity index (χ3n) is 6.25. The van der Waals surface area contributed by atoms with Crippen molar-refractivity contribution in [1.29, 1.82) is 0 Å². The second-order valence-corrected chi connectivity index (χ2v) is 11.0. The average Bonchev–Trinajstić information content (AvgIpc) is 2.97. The first-order valence-corrected chi connectivity index (χ1v) is 14.6. The molecule has 4 aromatic carbocycles. The number of imide groups is 2. The lowest BCUT2D eigenvalue weighted by Gasteiger charge is -2.34. The van der Waals surface area contributed by atoms with E-state index >= 15 is 0 Å². The highest BCUT2D eigenvalue weighted by molar-refractivity contribution is 14.1. The van der Waals surface area contributed by atoms with Gasteiger partial charge in [0.25, 0.3) is 11.8 Å². The van der Waals surface area contributed by atoms with Gasteiger partial charge >= 0.3 is 6.03 Å². The van der Waals surface area contributed by atoms with Gasteiger partial charge in [-0.25, -0.2) is 14.6 Å². The standard InChI is InChI=1S/C32H24BrIN2O5/c1-2-40-28-19-21(18-27(34)29(28)41-20-22-11-9-10-16-26(22)33)17-25-30(37)35(23-12-5-3-6-13-23)32(39)36(31(25)38)24-14-7-4-8-15-24/h3-19H,2,20H2,1H3. The summed E-state index contributed by atoms with van der Waals surface area (Å²) >= 11 is 5.69. The smallest absolute Gasteiger partial charge is 0.343 e. The number of ether oxygens (including phenoxy) is 2. The summed E-state index contributed by atoms with van der Waals surface area (Å²) in [5.41, 5.74) is 2.10. The van der Waals surface area contributed by atoms with Gasteiger partial charge in [-0.15, -0.1) is 0 Å².